The Bertz CT molecular complexity index is 1130. The summed E-state index contributed by atoms with van der Waals surface area (Å²) in [6.45, 7) is 2.22. The summed E-state index contributed by atoms with van der Waals surface area (Å²) < 4.78 is 28.8. The van der Waals surface area contributed by atoms with Crippen LogP contribution in [0.1, 0.15) is 30.4 Å². The molecule has 0 radical (unpaired) electrons. The van der Waals surface area contributed by atoms with Crippen LogP contribution < -0.4 is 10.6 Å². The number of amides is 2. The van der Waals surface area contributed by atoms with E-state index in [2.05, 4.69) is 26.6 Å². The Hall–Kier alpha value is -2.23. The van der Waals surface area contributed by atoms with Gasteiger partial charge in [0.25, 0.3) is 0 Å². The van der Waals surface area contributed by atoms with Gasteiger partial charge < -0.3 is 10.6 Å². The number of nitrogens with zero attached hydrogens (tertiary/aromatic N) is 1. The molecule has 2 N–H and O–H groups in total. The summed E-state index contributed by atoms with van der Waals surface area (Å²) in [5.74, 6) is -0.402. The first kappa shape index (κ1) is 21.0. The number of sulfonamides is 1. The minimum atomic E-state index is -3.83. The van der Waals surface area contributed by atoms with Gasteiger partial charge in [-0.3, -0.25) is 9.59 Å². The molecule has 0 saturated carbocycles. The first-order valence-electron chi connectivity index (χ1n) is 9.77. The first-order valence-corrected chi connectivity index (χ1v) is 12.0. The molecule has 7 nitrogen and oxygen atoms in total. The van der Waals surface area contributed by atoms with Gasteiger partial charge >= 0.3 is 0 Å². The van der Waals surface area contributed by atoms with Gasteiger partial charge in [-0.1, -0.05) is 15.9 Å². The number of carbonyl (C=O) groups is 2. The molecule has 30 heavy (non-hydrogen) atoms. The summed E-state index contributed by atoms with van der Waals surface area (Å²) in [4.78, 5) is 24.6. The number of nitrogens with one attached hydrogen (secondary N) is 2. The van der Waals surface area contributed by atoms with Crippen LogP contribution in [0.2, 0.25) is 0 Å². The van der Waals surface area contributed by atoms with E-state index < -0.39 is 16.1 Å². The second-order valence-electron chi connectivity index (χ2n) is 7.59. The van der Waals surface area contributed by atoms with E-state index in [-0.39, 0.29) is 16.7 Å². The molecule has 9 heteroatoms. The minimum absolute atomic E-state index is 0.0717. The van der Waals surface area contributed by atoms with E-state index in [0.29, 0.717) is 43.6 Å². The third-order valence-corrected chi connectivity index (χ3v) is 8.30. The number of hydrogen-bond donors (Lipinski definition) is 2. The third-order valence-electron chi connectivity index (χ3n) is 5.51. The fourth-order valence-corrected chi connectivity index (χ4v) is 5.85. The largest absolute Gasteiger partial charge is 0.326 e. The Balaban J connectivity index is 1.56. The second kappa shape index (κ2) is 8.13. The Morgan fingerprint density at radius 1 is 1.20 bits per heavy atom. The molecular weight excluding hydrogens is 470 g/mol. The smallest absolute Gasteiger partial charge is 0.243 e. The number of fused-ring (bicyclic) bond motifs is 1. The van der Waals surface area contributed by atoms with Crippen LogP contribution in [-0.4, -0.2) is 37.1 Å². The van der Waals surface area contributed by atoms with Crippen molar-refractivity contribution in [2.45, 2.75) is 43.5 Å². The quantitative estimate of drug-likeness (QED) is 0.684. The molecular formula is C21H22BrN3O4S. The average molecular weight is 492 g/mol. The molecule has 2 aliphatic heterocycles. The molecule has 4 rings (SSSR count). The third kappa shape index (κ3) is 4.01. The van der Waals surface area contributed by atoms with Crippen LogP contribution in [0.3, 0.4) is 0 Å². The predicted octanol–water partition coefficient (Wildman–Crippen LogP) is 3.43. The van der Waals surface area contributed by atoms with Crippen molar-refractivity contribution in [1.82, 2.24) is 4.31 Å². The summed E-state index contributed by atoms with van der Waals surface area (Å²) in [5, 5.41) is 5.60. The topological polar surface area (TPSA) is 95.6 Å². The SMILES string of the molecule is Cc1cc(NC(=O)[C@H]2CCCN2S(=O)(=O)c2ccc3c(c2)CCC(=O)N3)ccc1Br. The van der Waals surface area contributed by atoms with Crippen LogP contribution >= 0.6 is 15.9 Å². The molecule has 1 saturated heterocycles. The van der Waals surface area contributed by atoms with Gasteiger partial charge in [-0.05, 0) is 73.7 Å². The highest BCUT2D eigenvalue weighted by Gasteiger charge is 2.39. The highest BCUT2D eigenvalue weighted by molar-refractivity contribution is 9.10. The van der Waals surface area contributed by atoms with Crippen LogP contribution in [0.5, 0.6) is 0 Å². The van der Waals surface area contributed by atoms with Crippen molar-refractivity contribution in [2.75, 3.05) is 17.2 Å². The number of halogens is 1. The Labute approximate surface area is 184 Å². The number of rotatable bonds is 4. The zero-order valence-electron chi connectivity index (χ0n) is 16.4. The zero-order valence-corrected chi connectivity index (χ0v) is 18.8. The van der Waals surface area contributed by atoms with Crippen molar-refractivity contribution in [2.24, 2.45) is 0 Å². The maximum atomic E-state index is 13.3. The summed E-state index contributed by atoms with van der Waals surface area (Å²) in [6, 6.07) is 9.43. The lowest BCUT2D eigenvalue weighted by atomic mass is 10.0. The Morgan fingerprint density at radius 3 is 2.77 bits per heavy atom. The molecule has 2 aromatic rings. The molecule has 1 atom stereocenters. The second-order valence-corrected chi connectivity index (χ2v) is 10.3. The highest BCUT2D eigenvalue weighted by atomic mass is 79.9. The van der Waals surface area contributed by atoms with Crippen LogP contribution in [0.25, 0.3) is 0 Å². The van der Waals surface area contributed by atoms with E-state index in [1.165, 1.54) is 10.4 Å². The Morgan fingerprint density at radius 2 is 2.00 bits per heavy atom. The van der Waals surface area contributed by atoms with Gasteiger partial charge in [0.1, 0.15) is 6.04 Å². The van der Waals surface area contributed by atoms with Gasteiger partial charge in [-0.15, -0.1) is 0 Å². The summed E-state index contributed by atoms with van der Waals surface area (Å²) >= 11 is 3.43. The van der Waals surface area contributed by atoms with Crippen LogP contribution in [-0.2, 0) is 26.0 Å². The van der Waals surface area contributed by atoms with Crippen molar-refractivity contribution in [3.05, 3.63) is 52.0 Å². The molecule has 2 heterocycles. The fourth-order valence-electron chi connectivity index (χ4n) is 3.89. The maximum absolute atomic E-state index is 13.3. The summed E-state index contributed by atoms with van der Waals surface area (Å²) in [5.41, 5.74) is 3.05. The number of carbonyl (C=O) groups excluding carboxylic acids is 2. The van der Waals surface area contributed by atoms with Gasteiger partial charge in [-0.2, -0.15) is 4.31 Å². The minimum Gasteiger partial charge on any atom is -0.326 e. The van der Waals surface area contributed by atoms with Crippen molar-refractivity contribution >= 4 is 49.1 Å². The highest BCUT2D eigenvalue weighted by Crippen LogP contribution is 2.31. The number of benzene rings is 2. The average Bonchev–Trinajstić information content (AvgIpc) is 3.21. The van der Waals surface area contributed by atoms with E-state index in [9.17, 15) is 18.0 Å². The number of hydrogen-bond acceptors (Lipinski definition) is 4. The van der Waals surface area contributed by atoms with Gasteiger partial charge in [-0.25, -0.2) is 8.42 Å². The summed E-state index contributed by atoms with van der Waals surface area (Å²) in [7, 11) is -3.83. The van der Waals surface area contributed by atoms with E-state index >= 15 is 0 Å². The van der Waals surface area contributed by atoms with Crippen molar-refractivity contribution < 1.29 is 18.0 Å². The van der Waals surface area contributed by atoms with Crippen molar-refractivity contribution in [1.29, 1.82) is 0 Å². The molecule has 0 bridgehead atoms. The number of anilines is 2. The van der Waals surface area contributed by atoms with Gasteiger partial charge in [0.15, 0.2) is 0 Å². The van der Waals surface area contributed by atoms with Crippen molar-refractivity contribution in [3.63, 3.8) is 0 Å². The van der Waals surface area contributed by atoms with Gasteiger partial charge in [0, 0.05) is 28.8 Å². The van der Waals surface area contributed by atoms with E-state index in [4.69, 9.17) is 0 Å². The van der Waals surface area contributed by atoms with Crippen molar-refractivity contribution in [3.8, 4) is 0 Å². The molecule has 2 amide bonds. The summed E-state index contributed by atoms with van der Waals surface area (Å²) in [6.07, 6.45) is 1.93. The standard InChI is InChI=1S/C21H22BrN3O4S/c1-13-11-15(5-7-17(13)22)23-21(27)19-3-2-10-25(19)30(28,29)16-6-8-18-14(12-16)4-9-20(26)24-18/h5-8,11-12,19H,2-4,9-10H2,1H3,(H,23,27)(H,24,26)/t19-/m1/s1. The molecule has 2 aliphatic rings. The van der Waals surface area contributed by atoms with E-state index in [0.717, 1.165) is 15.6 Å². The first-order chi connectivity index (χ1) is 14.3. The van der Waals surface area contributed by atoms with Crippen LogP contribution in [0.4, 0.5) is 11.4 Å². The monoisotopic (exact) mass is 491 g/mol. The van der Waals surface area contributed by atoms with Crippen LogP contribution in [0.15, 0.2) is 45.8 Å². The molecule has 0 aromatic heterocycles. The van der Waals surface area contributed by atoms with Gasteiger partial charge in [0.05, 0.1) is 4.90 Å². The molecule has 2 aromatic carbocycles. The predicted molar refractivity (Wildman–Crippen MR) is 118 cm³/mol. The molecule has 0 spiro atoms. The molecule has 0 aliphatic carbocycles. The normalized spacial score (nSPS) is 19.3. The molecule has 158 valence electrons. The molecule has 0 unspecified atom stereocenters. The molecule has 1 fully saturated rings. The lowest BCUT2D eigenvalue weighted by Crippen LogP contribution is -2.43. The lowest BCUT2D eigenvalue weighted by molar-refractivity contribution is -0.119. The maximum Gasteiger partial charge on any atom is 0.243 e. The Kier molecular flexibility index (Phi) is 5.69. The number of aryl methyl sites for hydroxylation is 2. The fraction of sp³-hybridized carbons (Fsp3) is 0.333. The lowest BCUT2D eigenvalue weighted by Gasteiger charge is -2.24. The van der Waals surface area contributed by atoms with E-state index in [1.54, 1.807) is 18.2 Å². The van der Waals surface area contributed by atoms with E-state index in [1.807, 2.05) is 19.1 Å². The van der Waals surface area contributed by atoms with Crippen LogP contribution in [0, 0.1) is 6.92 Å². The zero-order chi connectivity index (χ0) is 21.5. The van der Waals surface area contributed by atoms with Gasteiger partial charge in [0.2, 0.25) is 21.8 Å².